The zero-order valence-corrected chi connectivity index (χ0v) is 11.9. The molecule has 0 saturated heterocycles. The molecule has 0 spiro atoms. The van der Waals surface area contributed by atoms with Crippen LogP contribution in [0, 0.1) is 17.4 Å². The minimum Gasteiger partial charge on any atom is -0.396 e. The minimum absolute atomic E-state index is 0.670. The van der Waals surface area contributed by atoms with E-state index in [1.54, 1.807) is 0 Å². The van der Waals surface area contributed by atoms with E-state index in [2.05, 4.69) is 58.0 Å². The first-order valence-corrected chi connectivity index (χ1v) is 6.39. The molecule has 17 heavy (non-hydrogen) atoms. The van der Waals surface area contributed by atoms with E-state index >= 15 is 0 Å². The Morgan fingerprint density at radius 3 is 2.71 bits per heavy atom. The fourth-order valence-electron chi connectivity index (χ4n) is 1.55. The number of nitrogen functional groups attached to an aromatic ring is 1. The number of pyridine rings is 1. The van der Waals surface area contributed by atoms with E-state index in [9.17, 15) is 0 Å². The van der Waals surface area contributed by atoms with Crippen LogP contribution < -0.4 is 11.1 Å². The lowest BCUT2D eigenvalue weighted by Crippen LogP contribution is -2.01. The summed E-state index contributed by atoms with van der Waals surface area (Å²) in [6.45, 7) is 4.03. The van der Waals surface area contributed by atoms with E-state index in [-0.39, 0.29) is 0 Å². The Morgan fingerprint density at radius 1 is 1.24 bits per heavy atom. The largest absolute Gasteiger partial charge is 0.396 e. The lowest BCUT2D eigenvalue weighted by Gasteiger charge is -2.11. The van der Waals surface area contributed by atoms with Gasteiger partial charge in [-0.1, -0.05) is 6.07 Å². The van der Waals surface area contributed by atoms with Gasteiger partial charge in [-0.05, 0) is 65.8 Å². The summed E-state index contributed by atoms with van der Waals surface area (Å²) in [6, 6.07) is 8.15. The molecule has 0 atom stereocenters. The summed E-state index contributed by atoms with van der Waals surface area (Å²) in [5.41, 5.74) is 9.88. The fraction of sp³-hybridized carbons (Fsp3) is 0.154. The molecule has 0 aliphatic rings. The maximum absolute atomic E-state index is 5.93. The normalized spacial score (nSPS) is 10.3. The van der Waals surface area contributed by atoms with Crippen LogP contribution in [0.4, 0.5) is 17.2 Å². The van der Waals surface area contributed by atoms with Crippen LogP contribution in [0.1, 0.15) is 11.1 Å². The minimum atomic E-state index is 0.670. The molecule has 3 N–H and O–H groups in total. The highest BCUT2D eigenvalue weighted by Gasteiger charge is 2.04. The third kappa shape index (κ3) is 2.88. The quantitative estimate of drug-likeness (QED) is 0.822. The molecule has 0 radical (unpaired) electrons. The van der Waals surface area contributed by atoms with Gasteiger partial charge >= 0.3 is 0 Å². The first kappa shape index (κ1) is 12.2. The summed E-state index contributed by atoms with van der Waals surface area (Å²) < 4.78 is 1.18. The standard InChI is InChI=1S/C13H14IN3/c1-8-5-11(15)13(16-7-8)17-12-6-10(14)4-3-9(12)2/h3-7H,15H2,1-2H3,(H,16,17). The number of hydrogen-bond donors (Lipinski definition) is 2. The van der Waals surface area contributed by atoms with Crippen LogP contribution in [-0.4, -0.2) is 4.98 Å². The van der Waals surface area contributed by atoms with Crippen LogP contribution in [0.2, 0.25) is 0 Å². The van der Waals surface area contributed by atoms with Gasteiger partial charge in [-0.3, -0.25) is 0 Å². The van der Waals surface area contributed by atoms with Crippen LogP contribution >= 0.6 is 22.6 Å². The summed E-state index contributed by atoms with van der Waals surface area (Å²) >= 11 is 2.29. The smallest absolute Gasteiger partial charge is 0.153 e. The second-order valence-corrected chi connectivity index (χ2v) is 5.28. The zero-order valence-electron chi connectivity index (χ0n) is 9.79. The summed E-state index contributed by atoms with van der Waals surface area (Å²) in [5.74, 6) is 0.709. The number of aromatic nitrogens is 1. The Kier molecular flexibility index (Phi) is 3.51. The van der Waals surface area contributed by atoms with Crippen molar-refractivity contribution in [2.75, 3.05) is 11.1 Å². The second kappa shape index (κ2) is 4.91. The molecular weight excluding hydrogens is 325 g/mol. The number of nitrogens with two attached hydrogens (primary N) is 1. The van der Waals surface area contributed by atoms with Crippen LogP contribution in [0.5, 0.6) is 0 Å². The van der Waals surface area contributed by atoms with E-state index in [0.29, 0.717) is 11.5 Å². The molecule has 2 aromatic rings. The number of halogens is 1. The van der Waals surface area contributed by atoms with Crippen molar-refractivity contribution in [3.63, 3.8) is 0 Å². The van der Waals surface area contributed by atoms with Gasteiger partial charge in [-0.2, -0.15) is 0 Å². The van der Waals surface area contributed by atoms with Crippen molar-refractivity contribution in [3.05, 3.63) is 45.2 Å². The molecule has 0 bridgehead atoms. The summed E-state index contributed by atoms with van der Waals surface area (Å²) in [5, 5.41) is 3.27. The fourth-order valence-corrected chi connectivity index (χ4v) is 2.04. The molecule has 2 rings (SSSR count). The van der Waals surface area contributed by atoms with E-state index in [1.165, 1.54) is 9.13 Å². The molecule has 0 fully saturated rings. The highest BCUT2D eigenvalue weighted by Crippen LogP contribution is 2.25. The lowest BCUT2D eigenvalue weighted by molar-refractivity contribution is 1.26. The van der Waals surface area contributed by atoms with Crippen molar-refractivity contribution < 1.29 is 0 Å². The van der Waals surface area contributed by atoms with E-state index in [4.69, 9.17) is 5.73 Å². The third-order valence-electron chi connectivity index (χ3n) is 2.51. The molecule has 88 valence electrons. The molecule has 0 aliphatic carbocycles. The number of anilines is 3. The topological polar surface area (TPSA) is 50.9 Å². The summed E-state index contributed by atoms with van der Waals surface area (Å²) in [7, 11) is 0. The van der Waals surface area contributed by atoms with Crippen LogP contribution in [0.25, 0.3) is 0 Å². The zero-order chi connectivity index (χ0) is 12.4. The van der Waals surface area contributed by atoms with Gasteiger partial charge in [0.15, 0.2) is 5.82 Å². The average molecular weight is 339 g/mol. The van der Waals surface area contributed by atoms with Gasteiger partial charge in [0.05, 0.1) is 5.69 Å². The Morgan fingerprint density at radius 2 is 2.00 bits per heavy atom. The molecule has 0 saturated carbocycles. The average Bonchev–Trinajstić information content (AvgIpc) is 2.27. The number of nitrogens with zero attached hydrogens (tertiary/aromatic N) is 1. The molecule has 0 unspecified atom stereocenters. The molecule has 0 aliphatic heterocycles. The second-order valence-electron chi connectivity index (χ2n) is 4.03. The predicted octanol–water partition coefficient (Wildman–Crippen LogP) is 3.63. The van der Waals surface area contributed by atoms with Crippen molar-refractivity contribution >= 4 is 39.8 Å². The molecule has 0 amide bonds. The molecule has 4 heteroatoms. The Bertz CT molecular complexity index is 552. The van der Waals surface area contributed by atoms with Crippen LogP contribution in [0.3, 0.4) is 0 Å². The van der Waals surface area contributed by atoms with Gasteiger partial charge in [-0.15, -0.1) is 0 Å². The molecule has 1 aromatic heterocycles. The Labute approximate surface area is 115 Å². The van der Waals surface area contributed by atoms with Gasteiger partial charge in [0.2, 0.25) is 0 Å². The number of rotatable bonds is 2. The molecular formula is C13H14IN3. The van der Waals surface area contributed by atoms with E-state index in [0.717, 1.165) is 11.3 Å². The van der Waals surface area contributed by atoms with Gasteiger partial charge in [0.25, 0.3) is 0 Å². The van der Waals surface area contributed by atoms with Crippen LogP contribution in [0.15, 0.2) is 30.5 Å². The summed E-state index contributed by atoms with van der Waals surface area (Å²) in [4.78, 5) is 4.31. The maximum atomic E-state index is 5.93. The first-order chi connectivity index (χ1) is 8.06. The Hall–Kier alpha value is -1.30. The van der Waals surface area contributed by atoms with Crippen molar-refractivity contribution in [2.24, 2.45) is 0 Å². The lowest BCUT2D eigenvalue weighted by atomic mass is 10.2. The predicted molar refractivity (Wildman–Crippen MR) is 80.6 cm³/mol. The summed E-state index contributed by atoms with van der Waals surface area (Å²) in [6.07, 6.45) is 1.81. The van der Waals surface area contributed by atoms with E-state index in [1.807, 2.05) is 19.2 Å². The number of benzene rings is 1. The third-order valence-corrected chi connectivity index (χ3v) is 3.18. The molecule has 3 nitrogen and oxygen atoms in total. The molecule has 1 heterocycles. The number of hydrogen-bond acceptors (Lipinski definition) is 3. The van der Waals surface area contributed by atoms with Crippen molar-refractivity contribution in [2.45, 2.75) is 13.8 Å². The van der Waals surface area contributed by atoms with Crippen molar-refractivity contribution in [3.8, 4) is 0 Å². The maximum Gasteiger partial charge on any atom is 0.153 e. The Balaban J connectivity index is 2.34. The SMILES string of the molecule is Cc1cnc(Nc2cc(I)ccc2C)c(N)c1. The van der Waals surface area contributed by atoms with Crippen LogP contribution in [-0.2, 0) is 0 Å². The van der Waals surface area contributed by atoms with Crippen molar-refractivity contribution in [1.82, 2.24) is 4.98 Å². The van der Waals surface area contributed by atoms with E-state index < -0.39 is 0 Å². The van der Waals surface area contributed by atoms with Gasteiger partial charge < -0.3 is 11.1 Å². The number of aryl methyl sites for hydroxylation is 2. The number of nitrogens with one attached hydrogen (secondary N) is 1. The van der Waals surface area contributed by atoms with Gasteiger partial charge in [-0.25, -0.2) is 4.98 Å². The highest BCUT2D eigenvalue weighted by atomic mass is 127. The van der Waals surface area contributed by atoms with Crippen molar-refractivity contribution in [1.29, 1.82) is 0 Å². The molecule has 1 aromatic carbocycles. The van der Waals surface area contributed by atoms with Gasteiger partial charge in [0, 0.05) is 15.5 Å². The monoisotopic (exact) mass is 339 g/mol. The van der Waals surface area contributed by atoms with Gasteiger partial charge in [0.1, 0.15) is 0 Å². The first-order valence-electron chi connectivity index (χ1n) is 5.31. The highest BCUT2D eigenvalue weighted by molar-refractivity contribution is 14.1.